The Morgan fingerprint density at radius 2 is 1.75 bits per heavy atom. The van der Waals surface area contributed by atoms with Crippen LogP contribution in [0.25, 0.3) is 0 Å². The summed E-state index contributed by atoms with van der Waals surface area (Å²) in [7, 11) is 0. The van der Waals surface area contributed by atoms with Crippen molar-refractivity contribution in [1.82, 2.24) is 0 Å². The summed E-state index contributed by atoms with van der Waals surface area (Å²) in [6.07, 6.45) is 0. The SMILES string of the molecule is Oc1cc[c-]cc1.[Co]. The van der Waals surface area contributed by atoms with Crippen molar-refractivity contribution in [2.24, 2.45) is 0 Å². The third kappa shape index (κ3) is 2.00. The third-order valence-corrected chi connectivity index (χ3v) is 0.701. The van der Waals surface area contributed by atoms with Crippen LogP contribution in [0.15, 0.2) is 24.3 Å². The summed E-state index contributed by atoms with van der Waals surface area (Å²) in [5.41, 5.74) is 0. The molecule has 1 aromatic carbocycles. The molecule has 1 radical (unpaired) electrons. The van der Waals surface area contributed by atoms with E-state index in [2.05, 4.69) is 6.07 Å². The summed E-state index contributed by atoms with van der Waals surface area (Å²) in [5.74, 6) is 0.291. The van der Waals surface area contributed by atoms with Crippen LogP contribution < -0.4 is 0 Å². The molecule has 0 aliphatic carbocycles. The first-order valence-corrected chi connectivity index (χ1v) is 2.04. The van der Waals surface area contributed by atoms with Gasteiger partial charge in [-0.15, -0.1) is 12.1 Å². The Hall–Kier alpha value is -0.474. The van der Waals surface area contributed by atoms with Crippen molar-refractivity contribution >= 4 is 0 Å². The minimum absolute atomic E-state index is 0. The number of rotatable bonds is 0. The number of phenols is 1. The molecule has 0 aromatic heterocycles. The first kappa shape index (κ1) is 7.53. The number of aromatic hydroxyl groups is 1. The molecule has 0 atom stereocenters. The monoisotopic (exact) mass is 152 g/mol. The number of phenolic OH excluding ortho intramolecular Hbond substituents is 1. The van der Waals surface area contributed by atoms with Crippen LogP contribution in [0.1, 0.15) is 0 Å². The molecule has 0 saturated heterocycles. The standard InChI is InChI=1S/C6H5O.Co/c7-6-4-2-1-3-5-6;/h2-5,7H;/q-1;. The van der Waals surface area contributed by atoms with Crippen molar-refractivity contribution in [3.05, 3.63) is 30.3 Å². The van der Waals surface area contributed by atoms with E-state index in [-0.39, 0.29) is 16.8 Å². The topological polar surface area (TPSA) is 20.2 Å². The van der Waals surface area contributed by atoms with E-state index >= 15 is 0 Å². The van der Waals surface area contributed by atoms with Gasteiger partial charge in [0.1, 0.15) is 0 Å². The second-order valence-electron chi connectivity index (χ2n) is 1.26. The Labute approximate surface area is 58.5 Å². The maximum atomic E-state index is 8.61. The molecule has 0 aliphatic heterocycles. The summed E-state index contributed by atoms with van der Waals surface area (Å²) in [6, 6.07) is 9.26. The molecular weight excluding hydrogens is 147 g/mol. The Morgan fingerprint density at radius 1 is 1.25 bits per heavy atom. The summed E-state index contributed by atoms with van der Waals surface area (Å²) in [5, 5.41) is 8.61. The molecule has 0 heterocycles. The molecule has 8 heavy (non-hydrogen) atoms. The molecule has 0 saturated carbocycles. The van der Waals surface area contributed by atoms with Crippen LogP contribution in [0, 0.1) is 6.07 Å². The predicted molar refractivity (Wildman–Crippen MR) is 26.9 cm³/mol. The van der Waals surface area contributed by atoms with Crippen LogP contribution in [0.3, 0.4) is 0 Å². The van der Waals surface area contributed by atoms with Gasteiger partial charge in [-0.3, -0.25) is 0 Å². The van der Waals surface area contributed by atoms with Gasteiger partial charge in [0.25, 0.3) is 0 Å². The van der Waals surface area contributed by atoms with Gasteiger partial charge < -0.3 is 5.11 Å². The van der Waals surface area contributed by atoms with Gasteiger partial charge in [0, 0.05) is 22.5 Å². The van der Waals surface area contributed by atoms with E-state index in [1.54, 1.807) is 24.3 Å². The average molecular weight is 152 g/mol. The normalized spacial score (nSPS) is 7.50. The van der Waals surface area contributed by atoms with Gasteiger partial charge in [0.05, 0.1) is 0 Å². The fourth-order valence-electron chi connectivity index (χ4n) is 0.378. The molecule has 0 fully saturated rings. The third-order valence-electron chi connectivity index (χ3n) is 0.701. The van der Waals surface area contributed by atoms with E-state index in [9.17, 15) is 0 Å². The van der Waals surface area contributed by atoms with Gasteiger partial charge in [-0.1, -0.05) is 0 Å². The molecule has 1 rings (SSSR count). The van der Waals surface area contributed by atoms with Crippen molar-refractivity contribution in [2.45, 2.75) is 0 Å². The first-order chi connectivity index (χ1) is 3.39. The molecule has 0 aliphatic rings. The molecule has 0 spiro atoms. The van der Waals surface area contributed by atoms with E-state index in [0.29, 0.717) is 5.75 Å². The van der Waals surface area contributed by atoms with E-state index in [4.69, 9.17) is 5.11 Å². The van der Waals surface area contributed by atoms with Gasteiger partial charge in [0.15, 0.2) is 0 Å². The Bertz CT molecular complexity index is 138. The van der Waals surface area contributed by atoms with E-state index in [1.165, 1.54) is 0 Å². The fourth-order valence-corrected chi connectivity index (χ4v) is 0.378. The van der Waals surface area contributed by atoms with Crippen LogP contribution in [0.5, 0.6) is 5.75 Å². The summed E-state index contributed by atoms with van der Waals surface area (Å²) in [4.78, 5) is 0. The fraction of sp³-hybridized carbons (Fsp3) is 0. The minimum atomic E-state index is 0. The second kappa shape index (κ2) is 3.52. The largest absolute Gasteiger partial charge is 0.533 e. The molecule has 1 nitrogen and oxygen atoms in total. The maximum absolute atomic E-state index is 8.61. The number of hydrogen-bond donors (Lipinski definition) is 1. The Morgan fingerprint density at radius 3 is 2.00 bits per heavy atom. The van der Waals surface area contributed by atoms with Crippen molar-refractivity contribution in [2.75, 3.05) is 0 Å². The zero-order valence-corrected chi connectivity index (χ0v) is 5.13. The molecule has 0 unspecified atom stereocenters. The average Bonchev–Trinajstić information content (AvgIpc) is 1.69. The first-order valence-electron chi connectivity index (χ1n) is 2.04. The molecule has 1 N–H and O–H groups in total. The predicted octanol–water partition coefficient (Wildman–Crippen LogP) is 1.19. The van der Waals surface area contributed by atoms with Crippen molar-refractivity contribution in [3.63, 3.8) is 0 Å². The van der Waals surface area contributed by atoms with Crippen LogP contribution >= 0.6 is 0 Å². The van der Waals surface area contributed by atoms with Gasteiger partial charge in [-0.25, -0.2) is 0 Å². The van der Waals surface area contributed by atoms with Crippen molar-refractivity contribution < 1.29 is 21.9 Å². The smallest absolute Gasteiger partial charge is 0.00821 e. The van der Waals surface area contributed by atoms with Crippen LogP contribution in [0.2, 0.25) is 0 Å². The molecule has 1 aromatic rings. The zero-order valence-electron chi connectivity index (χ0n) is 4.09. The number of hydrogen-bond acceptors (Lipinski definition) is 1. The van der Waals surface area contributed by atoms with Gasteiger partial charge in [-0.2, -0.15) is 18.2 Å². The molecular formula is C6H5CoO-. The summed E-state index contributed by atoms with van der Waals surface area (Å²) < 4.78 is 0. The zero-order chi connectivity index (χ0) is 5.11. The molecule has 0 amide bonds. The Balaban J connectivity index is 0.000000490. The molecule has 45 valence electrons. The summed E-state index contributed by atoms with van der Waals surface area (Å²) >= 11 is 0. The van der Waals surface area contributed by atoms with Gasteiger partial charge >= 0.3 is 0 Å². The number of benzene rings is 1. The van der Waals surface area contributed by atoms with E-state index < -0.39 is 0 Å². The van der Waals surface area contributed by atoms with Crippen LogP contribution in [0.4, 0.5) is 0 Å². The minimum Gasteiger partial charge on any atom is -0.533 e. The summed E-state index contributed by atoms with van der Waals surface area (Å²) in [6.45, 7) is 0. The van der Waals surface area contributed by atoms with Crippen LogP contribution in [-0.2, 0) is 16.8 Å². The van der Waals surface area contributed by atoms with E-state index in [0.717, 1.165) is 0 Å². The second-order valence-corrected chi connectivity index (χ2v) is 1.26. The molecule has 2 heteroatoms. The van der Waals surface area contributed by atoms with Crippen molar-refractivity contribution in [1.29, 1.82) is 0 Å². The molecule has 0 bridgehead atoms. The van der Waals surface area contributed by atoms with E-state index in [1.807, 2.05) is 0 Å². The van der Waals surface area contributed by atoms with Gasteiger partial charge in [-0.05, 0) is 0 Å². The maximum Gasteiger partial charge on any atom is 0.00821 e. The van der Waals surface area contributed by atoms with Crippen LogP contribution in [-0.4, -0.2) is 5.11 Å². The Kier molecular flexibility index (Phi) is 3.31. The van der Waals surface area contributed by atoms with Crippen molar-refractivity contribution in [3.8, 4) is 5.75 Å². The van der Waals surface area contributed by atoms with Gasteiger partial charge in [0.2, 0.25) is 0 Å². The quantitative estimate of drug-likeness (QED) is 0.553.